The molecule has 1 aliphatic heterocycles. The lowest BCUT2D eigenvalue weighted by molar-refractivity contribution is 0.194. The number of furan rings is 1. The second-order valence-corrected chi connectivity index (χ2v) is 5.10. The summed E-state index contributed by atoms with van der Waals surface area (Å²) in [5.41, 5.74) is 2.31. The number of para-hydroxylation sites is 1. The number of benzene rings is 1. The Balaban J connectivity index is 0.00000133. The van der Waals surface area contributed by atoms with Crippen molar-refractivity contribution >= 4 is 23.4 Å². The molecule has 104 valence electrons. The molecule has 1 fully saturated rings. The first-order valence-corrected chi connectivity index (χ1v) is 6.71. The third kappa shape index (κ3) is 3.11. The minimum atomic E-state index is 0. The molecule has 0 saturated carbocycles. The van der Waals surface area contributed by atoms with Crippen molar-refractivity contribution < 1.29 is 4.42 Å². The summed E-state index contributed by atoms with van der Waals surface area (Å²) in [5.74, 6) is 0. The van der Waals surface area contributed by atoms with Gasteiger partial charge in [0, 0.05) is 23.5 Å². The highest BCUT2D eigenvalue weighted by atomic mass is 35.5. The van der Waals surface area contributed by atoms with Gasteiger partial charge in [-0.15, -0.1) is 12.4 Å². The first kappa shape index (κ1) is 14.4. The fourth-order valence-electron chi connectivity index (χ4n) is 2.78. The summed E-state index contributed by atoms with van der Waals surface area (Å²) in [4.78, 5) is 2.52. The van der Waals surface area contributed by atoms with Gasteiger partial charge in [-0.3, -0.25) is 4.90 Å². The second kappa shape index (κ2) is 6.42. The van der Waals surface area contributed by atoms with Crippen LogP contribution in [0.5, 0.6) is 0 Å². The van der Waals surface area contributed by atoms with Crippen molar-refractivity contribution in [3.05, 3.63) is 36.1 Å². The largest absolute Gasteiger partial charge is 0.464 e. The van der Waals surface area contributed by atoms with Gasteiger partial charge in [-0.05, 0) is 39.0 Å². The van der Waals surface area contributed by atoms with Crippen molar-refractivity contribution in [2.24, 2.45) is 0 Å². The molecule has 0 aliphatic carbocycles. The van der Waals surface area contributed by atoms with E-state index in [9.17, 15) is 0 Å². The van der Waals surface area contributed by atoms with Gasteiger partial charge in [0.15, 0.2) is 0 Å². The van der Waals surface area contributed by atoms with Crippen LogP contribution in [0.1, 0.15) is 18.4 Å². The lowest BCUT2D eigenvalue weighted by atomic mass is 10.0. The van der Waals surface area contributed by atoms with E-state index in [-0.39, 0.29) is 12.4 Å². The fourth-order valence-corrected chi connectivity index (χ4v) is 2.78. The van der Waals surface area contributed by atoms with Gasteiger partial charge >= 0.3 is 0 Å². The van der Waals surface area contributed by atoms with Crippen LogP contribution < -0.4 is 5.32 Å². The van der Waals surface area contributed by atoms with Crippen LogP contribution in [0, 0.1) is 0 Å². The first-order valence-electron chi connectivity index (χ1n) is 6.71. The molecule has 19 heavy (non-hydrogen) atoms. The summed E-state index contributed by atoms with van der Waals surface area (Å²) in [6.45, 7) is 3.35. The Morgan fingerprint density at radius 2 is 2.00 bits per heavy atom. The molecule has 0 bridgehead atoms. The van der Waals surface area contributed by atoms with Gasteiger partial charge in [-0.2, -0.15) is 0 Å². The van der Waals surface area contributed by atoms with Crippen molar-refractivity contribution in [3.63, 3.8) is 0 Å². The molecule has 0 radical (unpaired) electrons. The van der Waals surface area contributed by atoms with E-state index in [4.69, 9.17) is 4.42 Å². The predicted octanol–water partition coefficient (Wildman–Crippen LogP) is 3.04. The van der Waals surface area contributed by atoms with Gasteiger partial charge in [0.2, 0.25) is 0 Å². The van der Waals surface area contributed by atoms with Crippen molar-refractivity contribution in [1.82, 2.24) is 10.2 Å². The number of halogens is 1. The van der Waals surface area contributed by atoms with Crippen LogP contribution in [0.2, 0.25) is 0 Å². The van der Waals surface area contributed by atoms with Crippen molar-refractivity contribution in [1.29, 1.82) is 0 Å². The summed E-state index contributed by atoms with van der Waals surface area (Å²) in [6.07, 6.45) is 4.40. The van der Waals surface area contributed by atoms with E-state index in [1.165, 1.54) is 36.9 Å². The van der Waals surface area contributed by atoms with Crippen LogP contribution in [0.15, 0.2) is 34.9 Å². The monoisotopic (exact) mass is 280 g/mol. The number of piperidine rings is 1. The third-order valence-electron chi connectivity index (χ3n) is 3.95. The zero-order valence-corrected chi connectivity index (χ0v) is 12.1. The summed E-state index contributed by atoms with van der Waals surface area (Å²) in [7, 11) is 2.06. The molecule has 0 amide bonds. The Morgan fingerprint density at radius 1 is 1.26 bits per heavy atom. The first-order chi connectivity index (χ1) is 8.86. The van der Waals surface area contributed by atoms with E-state index in [2.05, 4.69) is 29.4 Å². The second-order valence-electron chi connectivity index (χ2n) is 5.10. The number of hydrogen-bond acceptors (Lipinski definition) is 3. The zero-order chi connectivity index (χ0) is 12.4. The molecule has 0 unspecified atom stereocenters. The molecule has 1 N–H and O–H groups in total. The van der Waals surface area contributed by atoms with E-state index in [0.717, 1.165) is 12.1 Å². The SMILES string of the molecule is CNC1CCN(Cc2coc3ccccc23)CC1.Cl. The number of nitrogens with zero attached hydrogens (tertiary/aromatic N) is 1. The Bertz CT molecular complexity index is 518. The summed E-state index contributed by atoms with van der Waals surface area (Å²) < 4.78 is 5.59. The summed E-state index contributed by atoms with van der Waals surface area (Å²) >= 11 is 0. The highest BCUT2D eigenvalue weighted by Gasteiger charge is 2.18. The van der Waals surface area contributed by atoms with Crippen LogP contribution in [-0.4, -0.2) is 31.1 Å². The van der Waals surface area contributed by atoms with Gasteiger partial charge in [-0.1, -0.05) is 18.2 Å². The van der Waals surface area contributed by atoms with E-state index >= 15 is 0 Å². The van der Waals surface area contributed by atoms with Crippen LogP contribution in [-0.2, 0) is 6.54 Å². The molecule has 0 atom stereocenters. The summed E-state index contributed by atoms with van der Waals surface area (Å²) in [6, 6.07) is 8.98. The maximum atomic E-state index is 5.59. The van der Waals surface area contributed by atoms with E-state index in [0.29, 0.717) is 6.04 Å². The molecule has 1 aromatic carbocycles. The normalized spacial score (nSPS) is 17.5. The number of hydrogen-bond donors (Lipinski definition) is 1. The van der Waals surface area contributed by atoms with E-state index < -0.39 is 0 Å². The van der Waals surface area contributed by atoms with Gasteiger partial charge in [0.1, 0.15) is 5.58 Å². The highest BCUT2D eigenvalue weighted by Crippen LogP contribution is 2.23. The number of likely N-dealkylation sites (tertiary alicyclic amines) is 1. The molecular formula is C15H21ClN2O. The minimum Gasteiger partial charge on any atom is -0.464 e. The average Bonchev–Trinajstić information content (AvgIpc) is 2.83. The number of nitrogens with one attached hydrogen (secondary N) is 1. The third-order valence-corrected chi connectivity index (χ3v) is 3.95. The lowest BCUT2D eigenvalue weighted by Gasteiger charge is -2.31. The van der Waals surface area contributed by atoms with Gasteiger partial charge < -0.3 is 9.73 Å². The quantitative estimate of drug-likeness (QED) is 0.937. The molecule has 2 aromatic rings. The van der Waals surface area contributed by atoms with Gasteiger partial charge in [0.25, 0.3) is 0 Å². The van der Waals surface area contributed by atoms with E-state index in [1.54, 1.807) is 0 Å². The van der Waals surface area contributed by atoms with Crippen molar-refractivity contribution in [2.45, 2.75) is 25.4 Å². The minimum absolute atomic E-state index is 0. The molecule has 1 saturated heterocycles. The Labute approximate surface area is 120 Å². The fraction of sp³-hybridized carbons (Fsp3) is 0.467. The molecule has 2 heterocycles. The topological polar surface area (TPSA) is 28.4 Å². The molecular weight excluding hydrogens is 260 g/mol. The maximum absolute atomic E-state index is 5.59. The Morgan fingerprint density at radius 3 is 2.74 bits per heavy atom. The van der Waals surface area contributed by atoms with Crippen LogP contribution in [0.25, 0.3) is 11.0 Å². The average molecular weight is 281 g/mol. The van der Waals surface area contributed by atoms with E-state index in [1.807, 2.05) is 18.4 Å². The molecule has 0 spiro atoms. The van der Waals surface area contributed by atoms with Crippen LogP contribution >= 0.6 is 12.4 Å². The van der Waals surface area contributed by atoms with Gasteiger partial charge in [-0.25, -0.2) is 0 Å². The maximum Gasteiger partial charge on any atom is 0.134 e. The molecule has 1 aromatic heterocycles. The molecule has 3 nitrogen and oxygen atoms in total. The van der Waals surface area contributed by atoms with Crippen LogP contribution in [0.3, 0.4) is 0 Å². The molecule has 1 aliphatic rings. The van der Waals surface area contributed by atoms with Gasteiger partial charge in [0.05, 0.1) is 6.26 Å². The zero-order valence-electron chi connectivity index (χ0n) is 11.3. The highest BCUT2D eigenvalue weighted by molar-refractivity contribution is 5.85. The Hall–Kier alpha value is -1.03. The molecule has 4 heteroatoms. The van der Waals surface area contributed by atoms with Crippen LogP contribution in [0.4, 0.5) is 0 Å². The van der Waals surface area contributed by atoms with Crippen molar-refractivity contribution in [3.8, 4) is 0 Å². The number of rotatable bonds is 3. The Kier molecular flexibility index (Phi) is 4.86. The smallest absolute Gasteiger partial charge is 0.134 e. The summed E-state index contributed by atoms with van der Waals surface area (Å²) in [5, 5.41) is 4.63. The number of fused-ring (bicyclic) bond motifs is 1. The predicted molar refractivity (Wildman–Crippen MR) is 80.8 cm³/mol. The molecule has 3 rings (SSSR count). The van der Waals surface area contributed by atoms with Crippen molar-refractivity contribution in [2.75, 3.05) is 20.1 Å². The standard InChI is InChI=1S/C15H20N2O.ClH/c1-16-13-6-8-17(9-7-13)10-12-11-18-15-5-3-2-4-14(12)15;/h2-5,11,13,16H,6-10H2,1H3;1H. The lowest BCUT2D eigenvalue weighted by Crippen LogP contribution is -2.40.